The Morgan fingerprint density at radius 2 is 2.10 bits per heavy atom. The predicted octanol–water partition coefficient (Wildman–Crippen LogP) is 2.36. The third-order valence-electron chi connectivity index (χ3n) is 4.11. The summed E-state index contributed by atoms with van der Waals surface area (Å²) in [7, 11) is 0. The monoisotopic (exact) mass is 277 g/mol. The summed E-state index contributed by atoms with van der Waals surface area (Å²) in [6.45, 7) is 6.33. The van der Waals surface area contributed by atoms with Crippen molar-refractivity contribution in [3.63, 3.8) is 0 Å². The second-order valence-corrected chi connectivity index (χ2v) is 5.55. The van der Waals surface area contributed by atoms with Crippen LogP contribution in [0.15, 0.2) is 18.2 Å². The van der Waals surface area contributed by atoms with Crippen molar-refractivity contribution in [2.24, 2.45) is 5.92 Å². The Bertz CT molecular complexity index is 449. The smallest absolute Gasteiger partial charge is 0.165 e. The van der Waals surface area contributed by atoms with E-state index >= 15 is 0 Å². The number of fused-ring (bicyclic) bond motifs is 1. The molecule has 0 radical (unpaired) electrons. The summed E-state index contributed by atoms with van der Waals surface area (Å²) >= 11 is 0. The first kappa shape index (κ1) is 13.7. The molecule has 0 amide bonds. The summed E-state index contributed by atoms with van der Waals surface area (Å²) in [6.07, 6.45) is 2.47. The average molecular weight is 277 g/mol. The molecule has 1 aromatic carbocycles. The van der Waals surface area contributed by atoms with Gasteiger partial charge in [0, 0.05) is 31.7 Å². The van der Waals surface area contributed by atoms with Gasteiger partial charge in [-0.1, -0.05) is 12.1 Å². The zero-order valence-electron chi connectivity index (χ0n) is 12.1. The first-order valence-corrected chi connectivity index (χ1v) is 7.54. The number of para-hydroxylation sites is 1. The fourth-order valence-corrected chi connectivity index (χ4v) is 2.83. The maximum absolute atomic E-state index is 5.83. The largest absolute Gasteiger partial charge is 0.490 e. The molecular formula is C16H23NO3. The highest BCUT2D eigenvalue weighted by molar-refractivity contribution is 5.47. The lowest BCUT2D eigenvalue weighted by Gasteiger charge is -2.16. The number of rotatable bonds is 4. The third kappa shape index (κ3) is 3.07. The molecule has 1 fully saturated rings. The minimum atomic E-state index is 0.370. The van der Waals surface area contributed by atoms with E-state index in [4.69, 9.17) is 14.2 Å². The Labute approximate surface area is 120 Å². The molecule has 0 bridgehead atoms. The summed E-state index contributed by atoms with van der Waals surface area (Å²) in [6, 6.07) is 6.12. The van der Waals surface area contributed by atoms with E-state index in [1.807, 2.05) is 12.1 Å². The Kier molecular flexibility index (Phi) is 4.43. The fourth-order valence-electron chi connectivity index (χ4n) is 2.83. The van der Waals surface area contributed by atoms with Crippen LogP contribution in [0, 0.1) is 5.92 Å². The van der Waals surface area contributed by atoms with Gasteiger partial charge in [0.1, 0.15) is 0 Å². The topological polar surface area (TPSA) is 39.7 Å². The van der Waals surface area contributed by atoms with E-state index in [9.17, 15) is 0 Å². The Morgan fingerprint density at radius 3 is 2.95 bits per heavy atom. The average Bonchev–Trinajstić information content (AvgIpc) is 2.73. The van der Waals surface area contributed by atoms with Crippen LogP contribution in [-0.4, -0.2) is 32.5 Å². The molecule has 0 saturated carbocycles. The molecule has 2 aliphatic rings. The lowest BCUT2D eigenvalue weighted by molar-refractivity contribution is 0.105. The molecule has 1 saturated heterocycles. The van der Waals surface area contributed by atoms with Crippen LogP contribution in [0.3, 0.4) is 0 Å². The van der Waals surface area contributed by atoms with Crippen LogP contribution >= 0.6 is 0 Å². The SMILES string of the molecule is CC1OCCC1CNCc1cccc2c1OCCCO2. The summed E-state index contributed by atoms with van der Waals surface area (Å²) in [5.74, 6) is 2.40. The summed E-state index contributed by atoms with van der Waals surface area (Å²) < 4.78 is 17.1. The number of benzene rings is 1. The van der Waals surface area contributed by atoms with Crippen LogP contribution in [0.25, 0.3) is 0 Å². The Morgan fingerprint density at radius 1 is 1.20 bits per heavy atom. The van der Waals surface area contributed by atoms with E-state index in [-0.39, 0.29) is 0 Å². The number of nitrogens with one attached hydrogen (secondary N) is 1. The zero-order valence-corrected chi connectivity index (χ0v) is 12.1. The van der Waals surface area contributed by atoms with Gasteiger partial charge in [-0.25, -0.2) is 0 Å². The highest BCUT2D eigenvalue weighted by atomic mass is 16.5. The van der Waals surface area contributed by atoms with Crippen LogP contribution < -0.4 is 14.8 Å². The highest BCUT2D eigenvalue weighted by Gasteiger charge is 2.23. The normalized spacial score (nSPS) is 25.4. The first-order valence-electron chi connectivity index (χ1n) is 7.54. The molecule has 1 N–H and O–H groups in total. The molecule has 1 aromatic rings. The van der Waals surface area contributed by atoms with Crippen molar-refractivity contribution in [1.29, 1.82) is 0 Å². The van der Waals surface area contributed by atoms with E-state index in [2.05, 4.69) is 18.3 Å². The Hall–Kier alpha value is -1.26. The molecule has 3 rings (SSSR count). The van der Waals surface area contributed by atoms with Gasteiger partial charge in [-0.3, -0.25) is 0 Å². The molecule has 0 aromatic heterocycles. The van der Waals surface area contributed by atoms with Gasteiger partial charge in [-0.2, -0.15) is 0 Å². The van der Waals surface area contributed by atoms with Gasteiger partial charge in [-0.15, -0.1) is 0 Å². The quantitative estimate of drug-likeness (QED) is 0.917. The van der Waals surface area contributed by atoms with Crippen LogP contribution in [-0.2, 0) is 11.3 Å². The Balaban J connectivity index is 1.60. The zero-order chi connectivity index (χ0) is 13.8. The minimum absolute atomic E-state index is 0.370. The lowest BCUT2D eigenvalue weighted by atomic mass is 10.0. The van der Waals surface area contributed by atoms with Crippen molar-refractivity contribution < 1.29 is 14.2 Å². The molecule has 0 aliphatic carbocycles. The van der Waals surface area contributed by atoms with Gasteiger partial charge < -0.3 is 19.5 Å². The summed E-state index contributed by atoms with van der Waals surface area (Å²) in [5, 5.41) is 3.53. The molecule has 0 spiro atoms. The van der Waals surface area contributed by atoms with Crippen molar-refractivity contribution >= 4 is 0 Å². The van der Waals surface area contributed by atoms with Crippen LogP contribution in [0.2, 0.25) is 0 Å². The van der Waals surface area contributed by atoms with Gasteiger partial charge >= 0.3 is 0 Å². The second-order valence-electron chi connectivity index (χ2n) is 5.55. The van der Waals surface area contributed by atoms with Crippen molar-refractivity contribution in [1.82, 2.24) is 5.32 Å². The van der Waals surface area contributed by atoms with Gasteiger partial charge in [-0.05, 0) is 25.3 Å². The number of hydrogen-bond donors (Lipinski definition) is 1. The van der Waals surface area contributed by atoms with E-state index in [1.54, 1.807) is 0 Å². The lowest BCUT2D eigenvalue weighted by Crippen LogP contribution is -2.26. The van der Waals surface area contributed by atoms with Gasteiger partial charge in [0.05, 0.1) is 19.3 Å². The fraction of sp³-hybridized carbons (Fsp3) is 0.625. The predicted molar refractivity (Wildman–Crippen MR) is 77.3 cm³/mol. The van der Waals surface area contributed by atoms with Gasteiger partial charge in [0.15, 0.2) is 11.5 Å². The third-order valence-corrected chi connectivity index (χ3v) is 4.11. The van der Waals surface area contributed by atoms with Crippen molar-refractivity contribution in [3.05, 3.63) is 23.8 Å². The molecule has 2 heterocycles. The molecule has 4 heteroatoms. The summed E-state index contributed by atoms with van der Waals surface area (Å²) in [4.78, 5) is 0. The van der Waals surface area contributed by atoms with Gasteiger partial charge in [0.2, 0.25) is 0 Å². The standard InChI is InChI=1S/C16H23NO3/c1-12-13(6-9-18-12)10-17-11-14-4-2-5-15-16(14)20-8-3-7-19-15/h2,4-5,12-13,17H,3,6-11H2,1H3. The van der Waals surface area contributed by atoms with Crippen molar-refractivity contribution in [2.75, 3.05) is 26.4 Å². The van der Waals surface area contributed by atoms with Gasteiger partial charge in [0.25, 0.3) is 0 Å². The van der Waals surface area contributed by atoms with Crippen LogP contribution in [0.5, 0.6) is 11.5 Å². The van der Waals surface area contributed by atoms with Crippen molar-refractivity contribution in [3.8, 4) is 11.5 Å². The van der Waals surface area contributed by atoms with Crippen LogP contribution in [0.4, 0.5) is 0 Å². The highest BCUT2D eigenvalue weighted by Crippen LogP contribution is 2.33. The first-order chi connectivity index (χ1) is 9.84. The molecular weight excluding hydrogens is 254 g/mol. The second kappa shape index (κ2) is 6.46. The molecule has 2 atom stereocenters. The number of ether oxygens (including phenoxy) is 3. The molecule has 4 nitrogen and oxygen atoms in total. The molecule has 20 heavy (non-hydrogen) atoms. The maximum Gasteiger partial charge on any atom is 0.165 e. The van der Waals surface area contributed by atoms with E-state index in [1.165, 1.54) is 5.56 Å². The van der Waals surface area contributed by atoms with Crippen LogP contribution in [0.1, 0.15) is 25.3 Å². The molecule has 2 aliphatic heterocycles. The van der Waals surface area contributed by atoms with E-state index < -0.39 is 0 Å². The molecule has 2 unspecified atom stereocenters. The minimum Gasteiger partial charge on any atom is -0.490 e. The van der Waals surface area contributed by atoms with E-state index in [0.29, 0.717) is 12.0 Å². The van der Waals surface area contributed by atoms with Crippen molar-refractivity contribution in [2.45, 2.75) is 32.4 Å². The molecule has 110 valence electrons. The maximum atomic E-state index is 5.83. The number of hydrogen-bond acceptors (Lipinski definition) is 4. The summed E-state index contributed by atoms with van der Waals surface area (Å²) in [5.41, 5.74) is 1.18. The van der Waals surface area contributed by atoms with E-state index in [0.717, 1.165) is 57.3 Å².